The lowest BCUT2D eigenvalue weighted by molar-refractivity contribution is -0.137. The summed E-state index contributed by atoms with van der Waals surface area (Å²) in [5, 5.41) is 4.08. The molecule has 2 aliphatic heterocycles. The van der Waals surface area contributed by atoms with Gasteiger partial charge in [-0.15, -0.1) is 0 Å². The molecular weight excluding hydrogens is 709 g/mol. The van der Waals surface area contributed by atoms with Crippen LogP contribution in [0.25, 0.3) is 5.57 Å². The number of fused-ring (bicyclic) bond motifs is 2. The Balaban J connectivity index is 1.23. The highest BCUT2D eigenvalue weighted by Gasteiger charge is 2.43. The van der Waals surface area contributed by atoms with E-state index in [0.717, 1.165) is 47.2 Å². The van der Waals surface area contributed by atoms with Crippen LogP contribution in [0.2, 0.25) is 5.02 Å². The molecule has 2 bridgehead atoms. The van der Waals surface area contributed by atoms with Gasteiger partial charge in [-0.2, -0.15) is 13.2 Å². The Morgan fingerprint density at radius 1 is 0.962 bits per heavy atom. The van der Waals surface area contributed by atoms with E-state index in [9.17, 15) is 27.6 Å². The fourth-order valence-corrected chi connectivity index (χ4v) is 7.29. The molecule has 3 aromatic carbocycles. The maximum absolute atomic E-state index is 14.7. The number of nitrogens with two attached hydrogens (primary N) is 1. The zero-order valence-corrected chi connectivity index (χ0v) is 30.6. The SMILES string of the molecule is Cc1cc(Cl)c(OCCOc2ccc(C3=C(C(=O)N(Cc4cccc(C(F)(F)F)c4)C4CC4)[C@H]4CN(C(=O)CCCC(N)=O)CC(C3)N4)cc2)cc1C. The average Bonchev–Trinajstić information content (AvgIpc) is 3.96. The molecule has 9 nitrogen and oxygen atoms in total. The Kier molecular flexibility index (Phi) is 11.7. The van der Waals surface area contributed by atoms with E-state index in [1.807, 2.05) is 50.2 Å². The Labute approximate surface area is 312 Å². The minimum absolute atomic E-state index is 0.0261. The number of primary amides is 1. The Morgan fingerprint density at radius 2 is 1.68 bits per heavy atom. The van der Waals surface area contributed by atoms with Gasteiger partial charge in [-0.05, 0) is 104 Å². The molecular formula is C40H44ClF3N4O5. The standard InChI is InChI=1S/C40H44ClF3N4O5/c1-24-17-33(41)35(18-25(24)2)53-16-15-52-31-13-9-27(10-14-31)32-20-29-22-47(37(50)8-4-7-36(45)49)23-34(46-29)38(32)39(51)48(30-11-12-30)21-26-5-3-6-28(19-26)40(42,43)44/h3,5-6,9-10,13-14,17-19,29-30,34,46H,4,7-8,11-12,15-16,20-23H2,1-2H3,(H2,45,49)/t29?,34-/m1/s1. The molecule has 2 atom stereocenters. The first-order valence-electron chi connectivity index (χ1n) is 17.9. The van der Waals surface area contributed by atoms with Crippen LogP contribution in [0.1, 0.15) is 66.3 Å². The fraction of sp³-hybridized carbons (Fsp3) is 0.425. The minimum atomic E-state index is -4.51. The second-order valence-corrected chi connectivity index (χ2v) is 14.5. The van der Waals surface area contributed by atoms with Gasteiger partial charge in [0.05, 0.1) is 16.6 Å². The molecule has 1 aliphatic carbocycles. The molecule has 1 saturated carbocycles. The van der Waals surface area contributed by atoms with Crippen LogP contribution in [0.15, 0.2) is 66.2 Å². The van der Waals surface area contributed by atoms with Gasteiger partial charge in [0, 0.05) is 50.1 Å². The Morgan fingerprint density at radius 3 is 2.38 bits per heavy atom. The number of aryl methyl sites for hydroxylation is 2. The number of piperazine rings is 1. The summed E-state index contributed by atoms with van der Waals surface area (Å²) in [5.74, 6) is 0.354. The summed E-state index contributed by atoms with van der Waals surface area (Å²) in [4.78, 5) is 42.6. The molecule has 3 N–H and O–H groups in total. The smallest absolute Gasteiger partial charge is 0.416 e. The predicted molar refractivity (Wildman–Crippen MR) is 195 cm³/mol. The molecule has 2 fully saturated rings. The van der Waals surface area contributed by atoms with Crippen LogP contribution < -0.4 is 20.5 Å². The van der Waals surface area contributed by atoms with Gasteiger partial charge in [0.1, 0.15) is 24.7 Å². The lowest BCUT2D eigenvalue weighted by Gasteiger charge is -2.45. The number of hydrogen-bond donors (Lipinski definition) is 2. The topological polar surface area (TPSA) is 114 Å². The van der Waals surface area contributed by atoms with E-state index < -0.39 is 23.7 Å². The van der Waals surface area contributed by atoms with E-state index >= 15 is 0 Å². The van der Waals surface area contributed by atoms with Gasteiger partial charge < -0.3 is 30.3 Å². The van der Waals surface area contributed by atoms with Gasteiger partial charge in [0.25, 0.3) is 5.91 Å². The zero-order chi connectivity index (χ0) is 37.9. The molecule has 1 saturated heterocycles. The zero-order valence-electron chi connectivity index (χ0n) is 29.8. The van der Waals surface area contributed by atoms with Gasteiger partial charge in [-0.25, -0.2) is 0 Å². The lowest BCUT2D eigenvalue weighted by Crippen LogP contribution is -2.62. The highest BCUT2D eigenvalue weighted by Crippen LogP contribution is 2.38. The molecule has 2 heterocycles. The first-order valence-corrected chi connectivity index (χ1v) is 18.3. The summed E-state index contributed by atoms with van der Waals surface area (Å²) in [6, 6.07) is 15.6. The number of nitrogens with zero attached hydrogens (tertiary/aromatic N) is 2. The lowest BCUT2D eigenvalue weighted by atomic mass is 9.82. The molecule has 0 spiro atoms. The number of rotatable bonds is 14. The third-order valence-electron chi connectivity index (χ3n) is 10.0. The van der Waals surface area contributed by atoms with Gasteiger partial charge in [0.2, 0.25) is 11.8 Å². The van der Waals surface area contributed by atoms with Crippen molar-refractivity contribution in [2.75, 3.05) is 26.3 Å². The largest absolute Gasteiger partial charge is 0.490 e. The Bertz CT molecular complexity index is 1880. The molecule has 13 heteroatoms. The van der Waals surface area contributed by atoms with Gasteiger partial charge in [0.15, 0.2) is 0 Å². The number of ether oxygens (including phenoxy) is 2. The van der Waals surface area contributed by atoms with Gasteiger partial charge in [-0.3, -0.25) is 14.4 Å². The van der Waals surface area contributed by atoms with Crippen LogP contribution in [0, 0.1) is 13.8 Å². The molecule has 53 heavy (non-hydrogen) atoms. The van der Waals surface area contributed by atoms with Crippen molar-refractivity contribution in [1.29, 1.82) is 0 Å². The molecule has 0 radical (unpaired) electrons. The minimum Gasteiger partial charge on any atom is -0.490 e. The quantitative estimate of drug-likeness (QED) is 0.179. The van der Waals surface area contributed by atoms with Crippen LogP contribution in [0.3, 0.4) is 0 Å². The number of carbonyl (C=O) groups excluding carboxylic acids is 3. The number of nitrogens with one attached hydrogen (secondary N) is 1. The van der Waals surface area contributed by atoms with E-state index in [0.29, 0.717) is 47.0 Å². The van der Waals surface area contributed by atoms with Crippen molar-refractivity contribution in [3.63, 3.8) is 0 Å². The second-order valence-electron chi connectivity index (χ2n) is 14.1. The van der Waals surface area contributed by atoms with E-state index in [-0.39, 0.29) is 63.0 Å². The van der Waals surface area contributed by atoms with Crippen molar-refractivity contribution in [2.24, 2.45) is 5.73 Å². The number of benzene rings is 3. The maximum Gasteiger partial charge on any atom is 0.416 e. The maximum atomic E-state index is 14.7. The fourth-order valence-electron chi connectivity index (χ4n) is 7.02. The summed E-state index contributed by atoms with van der Waals surface area (Å²) in [5.41, 5.74) is 9.22. The van der Waals surface area contributed by atoms with Crippen molar-refractivity contribution in [1.82, 2.24) is 15.1 Å². The van der Waals surface area contributed by atoms with Crippen LogP contribution in [0.4, 0.5) is 13.2 Å². The summed E-state index contributed by atoms with van der Waals surface area (Å²) >= 11 is 6.34. The van der Waals surface area contributed by atoms with Crippen LogP contribution >= 0.6 is 11.6 Å². The summed E-state index contributed by atoms with van der Waals surface area (Å²) < 4.78 is 52.5. The van der Waals surface area contributed by atoms with Crippen LogP contribution in [-0.2, 0) is 27.1 Å². The van der Waals surface area contributed by atoms with Crippen LogP contribution in [-0.4, -0.2) is 72.0 Å². The number of alkyl halides is 3. The number of hydrogen-bond acceptors (Lipinski definition) is 6. The van der Waals surface area contributed by atoms with Gasteiger partial charge >= 0.3 is 6.18 Å². The third-order valence-corrected chi connectivity index (χ3v) is 10.3. The number of carbonyl (C=O) groups is 3. The summed E-state index contributed by atoms with van der Waals surface area (Å²) in [7, 11) is 0. The molecule has 3 amide bonds. The van der Waals surface area contributed by atoms with Crippen molar-refractivity contribution < 1.29 is 37.0 Å². The van der Waals surface area contributed by atoms with E-state index in [4.69, 9.17) is 26.8 Å². The highest BCUT2D eigenvalue weighted by molar-refractivity contribution is 6.32. The molecule has 3 aliphatic rings. The summed E-state index contributed by atoms with van der Waals surface area (Å²) in [6.07, 6.45) is -1.93. The van der Waals surface area contributed by atoms with E-state index in [1.165, 1.54) is 6.07 Å². The van der Waals surface area contributed by atoms with Crippen molar-refractivity contribution in [2.45, 2.75) is 83.2 Å². The third kappa shape index (κ3) is 9.52. The first-order chi connectivity index (χ1) is 25.3. The monoisotopic (exact) mass is 752 g/mol. The number of amides is 3. The van der Waals surface area contributed by atoms with E-state index in [2.05, 4.69) is 5.32 Å². The molecule has 6 rings (SSSR count). The normalized spacial score (nSPS) is 18.5. The molecule has 282 valence electrons. The second kappa shape index (κ2) is 16.2. The van der Waals surface area contributed by atoms with E-state index in [1.54, 1.807) is 15.9 Å². The molecule has 3 aromatic rings. The Hall–Kier alpha value is -4.55. The highest BCUT2D eigenvalue weighted by atomic mass is 35.5. The van der Waals surface area contributed by atoms with Crippen molar-refractivity contribution >= 4 is 34.9 Å². The first kappa shape index (κ1) is 38.2. The molecule has 0 aromatic heterocycles. The van der Waals surface area contributed by atoms with Crippen molar-refractivity contribution in [3.05, 3.63) is 99.1 Å². The van der Waals surface area contributed by atoms with Crippen LogP contribution in [0.5, 0.6) is 11.5 Å². The van der Waals surface area contributed by atoms with Gasteiger partial charge in [-0.1, -0.05) is 35.9 Å². The number of halogens is 4. The average molecular weight is 753 g/mol. The molecule has 1 unspecified atom stereocenters. The summed E-state index contributed by atoms with van der Waals surface area (Å²) in [6.45, 7) is 5.23. The van der Waals surface area contributed by atoms with Crippen molar-refractivity contribution in [3.8, 4) is 11.5 Å². The predicted octanol–water partition coefficient (Wildman–Crippen LogP) is 6.61.